The van der Waals surface area contributed by atoms with E-state index in [1.807, 2.05) is 13.8 Å². The summed E-state index contributed by atoms with van der Waals surface area (Å²) >= 11 is 1.59. The molecule has 6 heteroatoms. The van der Waals surface area contributed by atoms with Crippen LogP contribution in [0.15, 0.2) is 6.20 Å². The Morgan fingerprint density at radius 1 is 1.47 bits per heavy atom. The summed E-state index contributed by atoms with van der Waals surface area (Å²) < 4.78 is 1.67. The molecule has 0 aliphatic carbocycles. The van der Waals surface area contributed by atoms with Crippen LogP contribution in [0.4, 0.5) is 0 Å². The Labute approximate surface area is 103 Å². The van der Waals surface area contributed by atoms with E-state index in [-0.39, 0.29) is 5.69 Å². The summed E-state index contributed by atoms with van der Waals surface area (Å²) in [6.45, 7) is 6.22. The van der Waals surface area contributed by atoms with Crippen LogP contribution in [0.1, 0.15) is 31.9 Å². The molecule has 2 heterocycles. The van der Waals surface area contributed by atoms with Crippen LogP contribution in [0.3, 0.4) is 0 Å². The highest BCUT2D eigenvalue weighted by Crippen LogP contribution is 2.18. The fraction of sp³-hybridized carbons (Fsp3) is 0.364. The quantitative estimate of drug-likeness (QED) is 0.906. The van der Waals surface area contributed by atoms with Crippen LogP contribution in [0.2, 0.25) is 0 Å². The maximum absolute atomic E-state index is 11.0. The minimum Gasteiger partial charge on any atom is -0.477 e. The number of hydrogen-bond acceptors (Lipinski definition) is 4. The highest BCUT2D eigenvalue weighted by atomic mass is 32.1. The first kappa shape index (κ1) is 11.8. The first-order valence-electron chi connectivity index (χ1n) is 5.17. The molecule has 1 N–H and O–H groups in total. The number of thiazole rings is 1. The summed E-state index contributed by atoms with van der Waals surface area (Å²) in [5.74, 6) is -0.275. The minimum atomic E-state index is -0.962. The van der Waals surface area contributed by atoms with Crippen molar-refractivity contribution < 1.29 is 9.90 Å². The first-order valence-corrected chi connectivity index (χ1v) is 5.99. The first-order chi connectivity index (χ1) is 7.99. The van der Waals surface area contributed by atoms with Crippen molar-refractivity contribution in [2.24, 2.45) is 0 Å². The van der Waals surface area contributed by atoms with Gasteiger partial charge in [-0.1, -0.05) is 0 Å². The predicted octanol–water partition coefficient (Wildman–Crippen LogP) is 2.01. The number of imidazole rings is 1. The Morgan fingerprint density at radius 2 is 2.18 bits per heavy atom. The second-order valence-corrected chi connectivity index (χ2v) is 5.12. The monoisotopic (exact) mass is 251 g/mol. The molecular formula is C11H13N3O2S. The zero-order valence-corrected chi connectivity index (χ0v) is 10.7. The van der Waals surface area contributed by atoms with Crippen molar-refractivity contribution in [2.45, 2.75) is 27.3 Å². The number of hydrogen-bond donors (Lipinski definition) is 1. The van der Waals surface area contributed by atoms with Crippen LogP contribution in [0.5, 0.6) is 0 Å². The Hall–Kier alpha value is -1.69. The lowest BCUT2D eigenvalue weighted by Crippen LogP contribution is -2.10. The molecule has 0 aliphatic heterocycles. The SMILES string of the molecule is Cc1nc(Cn2c(C(=O)O)cnc2C)sc1C. The van der Waals surface area contributed by atoms with Gasteiger partial charge in [0.2, 0.25) is 0 Å². The maximum Gasteiger partial charge on any atom is 0.354 e. The average molecular weight is 251 g/mol. The molecule has 0 spiro atoms. The fourth-order valence-corrected chi connectivity index (χ4v) is 2.50. The summed E-state index contributed by atoms with van der Waals surface area (Å²) in [6.07, 6.45) is 1.38. The van der Waals surface area contributed by atoms with Crippen LogP contribution in [0.25, 0.3) is 0 Å². The number of nitrogens with zero attached hydrogens (tertiary/aromatic N) is 3. The lowest BCUT2D eigenvalue weighted by Gasteiger charge is -2.04. The molecule has 0 saturated carbocycles. The van der Waals surface area contributed by atoms with Gasteiger partial charge in [0, 0.05) is 4.88 Å². The van der Waals surface area contributed by atoms with Gasteiger partial charge in [-0.2, -0.15) is 0 Å². The molecule has 0 bridgehead atoms. The van der Waals surface area contributed by atoms with E-state index in [0.717, 1.165) is 15.6 Å². The van der Waals surface area contributed by atoms with Crippen molar-refractivity contribution in [3.8, 4) is 0 Å². The summed E-state index contributed by atoms with van der Waals surface area (Å²) in [5, 5.41) is 9.95. The van der Waals surface area contributed by atoms with Gasteiger partial charge >= 0.3 is 5.97 Å². The molecule has 2 aromatic heterocycles. The van der Waals surface area contributed by atoms with E-state index in [1.54, 1.807) is 22.8 Å². The zero-order chi connectivity index (χ0) is 12.6. The van der Waals surface area contributed by atoms with Crippen molar-refractivity contribution >= 4 is 17.3 Å². The number of aromatic nitrogens is 3. The van der Waals surface area contributed by atoms with Crippen molar-refractivity contribution in [1.82, 2.24) is 14.5 Å². The molecule has 0 unspecified atom stereocenters. The second kappa shape index (κ2) is 4.29. The van der Waals surface area contributed by atoms with E-state index in [0.29, 0.717) is 12.4 Å². The topological polar surface area (TPSA) is 68.0 Å². The van der Waals surface area contributed by atoms with E-state index in [2.05, 4.69) is 9.97 Å². The van der Waals surface area contributed by atoms with Crippen LogP contribution in [-0.2, 0) is 6.54 Å². The normalized spacial score (nSPS) is 10.8. The van der Waals surface area contributed by atoms with E-state index in [9.17, 15) is 4.79 Å². The van der Waals surface area contributed by atoms with Gasteiger partial charge in [0.1, 0.15) is 16.5 Å². The molecule has 0 amide bonds. The standard InChI is InChI=1S/C11H13N3O2S/c1-6-7(2)17-10(13-6)5-14-8(3)12-4-9(14)11(15)16/h4H,5H2,1-3H3,(H,15,16). The Morgan fingerprint density at radius 3 is 2.71 bits per heavy atom. The molecule has 0 atom stereocenters. The summed E-state index contributed by atoms with van der Waals surface area (Å²) in [6, 6.07) is 0. The molecule has 0 aliphatic rings. The molecule has 0 radical (unpaired) electrons. The van der Waals surface area contributed by atoms with Gasteiger partial charge in [0.05, 0.1) is 18.4 Å². The lowest BCUT2D eigenvalue weighted by molar-refractivity contribution is 0.0685. The van der Waals surface area contributed by atoms with E-state index < -0.39 is 5.97 Å². The highest BCUT2D eigenvalue weighted by molar-refractivity contribution is 7.11. The summed E-state index contributed by atoms with van der Waals surface area (Å²) in [7, 11) is 0. The van der Waals surface area contributed by atoms with Gasteiger partial charge in [0.15, 0.2) is 0 Å². The third kappa shape index (κ3) is 2.21. The number of carboxylic acids is 1. The third-order valence-electron chi connectivity index (χ3n) is 2.64. The summed E-state index contributed by atoms with van der Waals surface area (Å²) in [4.78, 5) is 20.6. The van der Waals surface area contributed by atoms with Crippen LogP contribution >= 0.6 is 11.3 Å². The second-order valence-electron chi connectivity index (χ2n) is 3.83. The highest BCUT2D eigenvalue weighted by Gasteiger charge is 2.15. The number of rotatable bonds is 3. The molecule has 0 fully saturated rings. The maximum atomic E-state index is 11.0. The third-order valence-corrected chi connectivity index (χ3v) is 3.70. The van der Waals surface area contributed by atoms with Crippen molar-refractivity contribution in [1.29, 1.82) is 0 Å². The number of carbonyl (C=O) groups is 1. The molecule has 90 valence electrons. The zero-order valence-electron chi connectivity index (χ0n) is 9.89. The number of aromatic carboxylic acids is 1. The van der Waals surface area contributed by atoms with Gasteiger partial charge in [0.25, 0.3) is 0 Å². The Balaban J connectivity index is 2.35. The molecule has 0 aromatic carbocycles. The van der Waals surface area contributed by atoms with Crippen LogP contribution in [-0.4, -0.2) is 25.6 Å². The Kier molecular flexibility index (Phi) is 2.97. The smallest absolute Gasteiger partial charge is 0.354 e. The van der Waals surface area contributed by atoms with Gasteiger partial charge in [-0.3, -0.25) is 0 Å². The van der Waals surface area contributed by atoms with Crippen LogP contribution in [0, 0.1) is 20.8 Å². The molecule has 2 aromatic rings. The van der Waals surface area contributed by atoms with Gasteiger partial charge in [-0.15, -0.1) is 11.3 Å². The Bertz CT molecular complexity index is 552. The fourth-order valence-electron chi connectivity index (χ4n) is 1.58. The van der Waals surface area contributed by atoms with E-state index in [4.69, 9.17) is 5.11 Å². The van der Waals surface area contributed by atoms with Gasteiger partial charge < -0.3 is 9.67 Å². The van der Waals surface area contributed by atoms with Crippen molar-refractivity contribution in [2.75, 3.05) is 0 Å². The summed E-state index contributed by atoms with van der Waals surface area (Å²) in [5.41, 5.74) is 1.20. The lowest BCUT2D eigenvalue weighted by atomic mass is 10.4. The van der Waals surface area contributed by atoms with Crippen molar-refractivity contribution in [3.05, 3.63) is 33.3 Å². The van der Waals surface area contributed by atoms with Gasteiger partial charge in [-0.05, 0) is 20.8 Å². The predicted molar refractivity (Wildman–Crippen MR) is 64.6 cm³/mol. The van der Waals surface area contributed by atoms with E-state index >= 15 is 0 Å². The molecule has 0 saturated heterocycles. The van der Waals surface area contributed by atoms with E-state index in [1.165, 1.54) is 6.20 Å². The molecule has 5 nitrogen and oxygen atoms in total. The number of carboxylic acid groups (broad SMARTS) is 1. The minimum absolute atomic E-state index is 0.202. The average Bonchev–Trinajstić information content (AvgIpc) is 2.74. The molecular weight excluding hydrogens is 238 g/mol. The van der Waals surface area contributed by atoms with Crippen molar-refractivity contribution in [3.63, 3.8) is 0 Å². The molecule has 17 heavy (non-hydrogen) atoms. The van der Waals surface area contributed by atoms with Crippen LogP contribution < -0.4 is 0 Å². The van der Waals surface area contributed by atoms with Gasteiger partial charge in [-0.25, -0.2) is 14.8 Å². The number of aryl methyl sites for hydroxylation is 3. The molecule has 2 rings (SSSR count). The largest absolute Gasteiger partial charge is 0.477 e.